The molecule has 0 amide bonds. The Bertz CT molecular complexity index is 1390. The van der Waals surface area contributed by atoms with E-state index in [1.807, 2.05) is 26.8 Å². The van der Waals surface area contributed by atoms with Gasteiger partial charge in [0.05, 0.1) is 15.2 Å². The molecule has 0 spiro atoms. The smallest absolute Gasteiger partial charge is 0.303 e. The Morgan fingerprint density at radius 2 is 1.74 bits per heavy atom. The topological polar surface area (TPSA) is 141 Å². The van der Waals surface area contributed by atoms with E-state index < -0.39 is 36.4 Å². The first-order chi connectivity index (χ1) is 15.7. The molecule has 0 saturated heterocycles. The first-order valence-electron chi connectivity index (χ1n) is 11.1. The van der Waals surface area contributed by atoms with Crippen LogP contribution in [0.4, 0.5) is 5.69 Å². The van der Waals surface area contributed by atoms with Crippen LogP contribution in [0.3, 0.4) is 0 Å². The highest BCUT2D eigenvalue weighted by molar-refractivity contribution is 7.90. The van der Waals surface area contributed by atoms with Gasteiger partial charge in [-0.1, -0.05) is 6.92 Å². The number of carboxylic acids is 1. The number of nitrogens with zero attached hydrogens (tertiary/aromatic N) is 1. The van der Waals surface area contributed by atoms with Crippen LogP contribution < -0.4 is 4.72 Å². The number of rotatable bonds is 10. The Morgan fingerprint density at radius 1 is 1.06 bits per heavy atom. The molecule has 0 aliphatic carbocycles. The summed E-state index contributed by atoms with van der Waals surface area (Å²) < 4.78 is 64.2. The van der Waals surface area contributed by atoms with Crippen molar-refractivity contribution in [2.45, 2.75) is 68.6 Å². The van der Waals surface area contributed by atoms with Gasteiger partial charge in [0, 0.05) is 43.3 Å². The summed E-state index contributed by atoms with van der Waals surface area (Å²) in [5.74, 6) is -0.820. The molecule has 0 unspecified atom stereocenters. The van der Waals surface area contributed by atoms with Crippen LogP contribution in [0.5, 0.6) is 0 Å². The Labute approximate surface area is 200 Å². The van der Waals surface area contributed by atoms with E-state index in [9.17, 15) is 26.2 Å². The van der Waals surface area contributed by atoms with Crippen LogP contribution in [0.1, 0.15) is 58.9 Å². The number of carboxylic acid groups (broad SMARTS) is 1. The second-order valence-electron chi connectivity index (χ2n) is 9.02. The zero-order valence-corrected chi connectivity index (χ0v) is 21.4. The molecular weight excluding hydrogens is 480 g/mol. The summed E-state index contributed by atoms with van der Waals surface area (Å²) >= 11 is 0. The van der Waals surface area contributed by atoms with Crippen molar-refractivity contribution in [3.8, 4) is 0 Å². The molecule has 0 saturated carbocycles. The van der Waals surface area contributed by atoms with Crippen molar-refractivity contribution >= 4 is 48.3 Å². The van der Waals surface area contributed by atoms with E-state index in [0.717, 1.165) is 35.9 Å². The molecule has 3 rings (SSSR count). The van der Waals surface area contributed by atoms with Crippen molar-refractivity contribution in [1.82, 2.24) is 4.72 Å². The van der Waals surface area contributed by atoms with Gasteiger partial charge in [-0.3, -0.25) is 9.35 Å². The lowest BCUT2D eigenvalue weighted by Crippen LogP contribution is -2.27. The normalized spacial score (nSPS) is 15.7. The molecular formula is C23H31N2O7S2+. The maximum atomic E-state index is 12.9. The van der Waals surface area contributed by atoms with Crippen LogP contribution in [0.25, 0.3) is 10.8 Å². The molecule has 34 heavy (non-hydrogen) atoms. The Balaban J connectivity index is 2.20. The van der Waals surface area contributed by atoms with Crippen molar-refractivity contribution in [1.29, 1.82) is 0 Å². The first-order valence-corrected chi connectivity index (χ1v) is 14.1. The molecule has 0 aromatic heterocycles. The van der Waals surface area contributed by atoms with E-state index in [4.69, 9.17) is 5.11 Å². The fourth-order valence-corrected chi connectivity index (χ4v) is 6.49. The molecule has 186 valence electrons. The van der Waals surface area contributed by atoms with Gasteiger partial charge >= 0.3 is 5.97 Å². The minimum absolute atomic E-state index is 0.122. The van der Waals surface area contributed by atoms with Gasteiger partial charge in [0.15, 0.2) is 5.71 Å². The number of aliphatic carboxylic acids is 1. The molecule has 9 nitrogen and oxygen atoms in total. The fourth-order valence-electron chi connectivity index (χ4n) is 4.59. The van der Waals surface area contributed by atoms with Crippen molar-refractivity contribution in [2.24, 2.45) is 0 Å². The summed E-state index contributed by atoms with van der Waals surface area (Å²) in [7, 11) is -8.68. The molecule has 0 atom stereocenters. The molecule has 0 fully saturated rings. The maximum absolute atomic E-state index is 12.9. The first kappa shape index (κ1) is 26.3. The van der Waals surface area contributed by atoms with Crippen LogP contribution in [0, 0.1) is 0 Å². The fraction of sp³-hybridized carbons (Fsp3) is 0.478. The minimum atomic E-state index is -4.66. The zero-order chi connectivity index (χ0) is 25.5. The third-order valence-electron chi connectivity index (χ3n) is 6.47. The number of benzene rings is 2. The average molecular weight is 512 g/mol. The Morgan fingerprint density at radius 3 is 2.32 bits per heavy atom. The predicted octanol–water partition coefficient (Wildman–Crippen LogP) is 3.43. The monoisotopic (exact) mass is 511 g/mol. The standard InChI is InChI=1S/C23H30N2O7S2/c1-5-24-33(28,29)20-14-16(34(30,31)32)13-18-17(20)10-11-19-22(18)23(3,4)15(2)25(19)12-8-6-7-9-21(26)27/h10-11,13-14,24H,5-9,12H2,1-4H3,(H-,26,27,30,31,32)/p+1. The molecule has 0 bridgehead atoms. The van der Waals surface area contributed by atoms with E-state index in [-0.39, 0.29) is 17.9 Å². The minimum Gasteiger partial charge on any atom is -0.481 e. The van der Waals surface area contributed by atoms with Gasteiger partial charge in [0.1, 0.15) is 6.54 Å². The number of hydrogen-bond acceptors (Lipinski definition) is 5. The summed E-state index contributed by atoms with van der Waals surface area (Å²) in [5.41, 5.74) is 2.10. The van der Waals surface area contributed by atoms with Gasteiger partial charge in [-0.05, 0) is 50.3 Å². The largest absolute Gasteiger partial charge is 0.481 e. The van der Waals surface area contributed by atoms with Crippen LogP contribution in [-0.2, 0) is 30.4 Å². The second kappa shape index (κ2) is 9.37. The summed E-state index contributed by atoms with van der Waals surface area (Å²) in [6.07, 6.45) is 2.22. The quantitative estimate of drug-likeness (QED) is 0.252. The molecule has 1 heterocycles. The van der Waals surface area contributed by atoms with Gasteiger partial charge in [0.2, 0.25) is 15.7 Å². The summed E-state index contributed by atoms with van der Waals surface area (Å²) in [6.45, 7) is 8.35. The third kappa shape index (κ3) is 4.88. The average Bonchev–Trinajstić information content (AvgIpc) is 2.92. The molecule has 11 heteroatoms. The second-order valence-corrected chi connectivity index (χ2v) is 12.2. The lowest BCUT2D eigenvalue weighted by atomic mass is 9.80. The van der Waals surface area contributed by atoms with Crippen LogP contribution in [-0.4, -0.2) is 55.8 Å². The van der Waals surface area contributed by atoms with Gasteiger partial charge in [-0.2, -0.15) is 13.0 Å². The van der Waals surface area contributed by atoms with Crippen molar-refractivity contribution in [3.05, 3.63) is 29.8 Å². The van der Waals surface area contributed by atoms with E-state index in [1.54, 1.807) is 13.0 Å². The van der Waals surface area contributed by atoms with Gasteiger partial charge in [0.25, 0.3) is 10.1 Å². The van der Waals surface area contributed by atoms with E-state index >= 15 is 0 Å². The summed E-state index contributed by atoms with van der Waals surface area (Å²) in [6, 6.07) is 5.82. The summed E-state index contributed by atoms with van der Waals surface area (Å²) in [4.78, 5) is 10.1. The van der Waals surface area contributed by atoms with Gasteiger partial charge in [-0.15, -0.1) is 0 Å². The van der Waals surface area contributed by atoms with Gasteiger partial charge < -0.3 is 5.11 Å². The molecule has 2 aromatic carbocycles. The lowest BCUT2D eigenvalue weighted by Gasteiger charge is -2.19. The molecule has 3 N–H and O–H groups in total. The molecule has 1 aliphatic rings. The number of fused-ring (bicyclic) bond motifs is 3. The van der Waals surface area contributed by atoms with Gasteiger partial charge in [-0.25, -0.2) is 13.1 Å². The predicted molar refractivity (Wildman–Crippen MR) is 129 cm³/mol. The van der Waals surface area contributed by atoms with E-state index in [2.05, 4.69) is 9.30 Å². The highest BCUT2D eigenvalue weighted by Crippen LogP contribution is 2.45. The zero-order valence-electron chi connectivity index (χ0n) is 19.8. The molecule has 0 radical (unpaired) electrons. The number of hydrogen-bond donors (Lipinski definition) is 3. The number of unbranched alkanes of at least 4 members (excludes halogenated alkanes) is 2. The molecule has 2 aromatic rings. The van der Waals surface area contributed by atoms with Crippen LogP contribution >= 0.6 is 0 Å². The van der Waals surface area contributed by atoms with Crippen LogP contribution in [0.15, 0.2) is 34.1 Å². The van der Waals surface area contributed by atoms with Crippen molar-refractivity contribution in [3.63, 3.8) is 0 Å². The Kier molecular flexibility index (Phi) is 7.24. The number of carbonyl (C=O) groups is 1. The third-order valence-corrected chi connectivity index (χ3v) is 8.89. The number of nitrogens with one attached hydrogen (secondary N) is 1. The van der Waals surface area contributed by atoms with Crippen molar-refractivity contribution < 1.29 is 35.9 Å². The summed E-state index contributed by atoms with van der Waals surface area (Å²) in [5, 5.41) is 9.65. The SMILES string of the molecule is CCNS(=O)(=O)c1cc(S(=O)(=O)O)cc2c3c(ccc12)[N+](CCCCCC(=O)O)=C(C)C3(C)C. The number of sulfonamides is 1. The maximum Gasteiger partial charge on any atom is 0.303 e. The highest BCUT2D eigenvalue weighted by atomic mass is 32.2. The van der Waals surface area contributed by atoms with E-state index in [0.29, 0.717) is 23.7 Å². The van der Waals surface area contributed by atoms with Crippen LogP contribution in [0.2, 0.25) is 0 Å². The Hall–Kier alpha value is -2.34. The lowest BCUT2D eigenvalue weighted by molar-refractivity contribution is -0.439. The van der Waals surface area contributed by atoms with Crippen molar-refractivity contribution in [2.75, 3.05) is 13.1 Å². The van der Waals surface area contributed by atoms with E-state index in [1.165, 1.54) is 6.07 Å². The highest BCUT2D eigenvalue weighted by Gasteiger charge is 2.44. The molecule has 1 aliphatic heterocycles.